The number of benzene rings is 2. The highest BCUT2D eigenvalue weighted by molar-refractivity contribution is 6.56. The van der Waals surface area contributed by atoms with Crippen LogP contribution >= 0.6 is 116 Å². The summed E-state index contributed by atoms with van der Waals surface area (Å²) in [5.41, 5.74) is 0. The molecule has 2 rings (SSSR count). The molecule has 0 aliphatic heterocycles. The summed E-state index contributed by atoms with van der Waals surface area (Å²) in [5.74, 6) is -1.05. The quantitative estimate of drug-likeness (QED) is 0.160. The van der Waals surface area contributed by atoms with Gasteiger partial charge >= 0.3 is 5.97 Å². The predicted octanol–water partition coefficient (Wildman–Crippen LogP) is 9.54. The van der Waals surface area contributed by atoms with E-state index in [2.05, 4.69) is 0 Å². The first-order chi connectivity index (χ1) is 12.3. The third-order valence-corrected chi connectivity index (χ3v) is 7.10. The molecule has 0 atom stereocenters. The van der Waals surface area contributed by atoms with Crippen molar-refractivity contribution in [2.45, 2.75) is 6.92 Å². The van der Waals surface area contributed by atoms with Gasteiger partial charge in [0.1, 0.15) is 20.1 Å². The highest BCUT2D eigenvalue weighted by Gasteiger charge is 2.21. The maximum Gasteiger partial charge on any atom is 0.308 e. The number of esters is 1. The van der Waals surface area contributed by atoms with E-state index in [1.165, 1.54) is 6.92 Å². The van der Waals surface area contributed by atoms with E-state index in [4.69, 9.17) is 121 Å². The van der Waals surface area contributed by atoms with Crippen molar-refractivity contribution in [3.63, 3.8) is 0 Å². The molecule has 148 valence electrons. The Kier molecular flexibility index (Phi) is 10.1. The molecule has 0 heterocycles. The zero-order chi connectivity index (χ0) is 21.2. The van der Waals surface area contributed by atoms with Gasteiger partial charge in [-0.25, -0.2) is 0 Å². The highest BCUT2D eigenvalue weighted by atomic mass is 35.5. The topological polar surface area (TPSA) is 46.5 Å². The summed E-state index contributed by atoms with van der Waals surface area (Å²) in [6, 6.07) is 0. The van der Waals surface area contributed by atoms with Crippen LogP contribution < -0.4 is 4.74 Å². The lowest BCUT2D eigenvalue weighted by Crippen LogP contribution is -2.03. The first-order valence-corrected chi connectivity index (χ1v) is 10.0. The molecule has 0 amide bonds. The predicted molar refractivity (Wildman–Crippen MR) is 116 cm³/mol. The van der Waals surface area contributed by atoms with E-state index in [1.54, 1.807) is 0 Å². The number of hydrogen-bond donors (Lipinski definition) is 1. The fourth-order valence-corrected chi connectivity index (χ4v) is 3.74. The molecule has 0 spiro atoms. The third kappa shape index (κ3) is 5.82. The van der Waals surface area contributed by atoms with Crippen LogP contribution in [-0.4, -0.2) is 11.1 Å². The molecule has 0 unspecified atom stereocenters. The average molecular weight is 575 g/mol. The Labute approximate surface area is 203 Å². The van der Waals surface area contributed by atoms with Crippen LogP contribution in [0.2, 0.25) is 50.2 Å². The summed E-state index contributed by atoms with van der Waals surface area (Å²) in [6.07, 6.45) is 0. The largest absolute Gasteiger partial charge is 0.505 e. The van der Waals surface area contributed by atoms with Crippen molar-refractivity contribution in [1.29, 1.82) is 0 Å². The molecule has 1 N–H and O–H groups in total. The van der Waals surface area contributed by atoms with Crippen molar-refractivity contribution < 1.29 is 14.6 Å². The standard InChI is InChI=1S/C8H3Cl5O2.C6HCl5O/c1-2(14)15-8-6(12)4(10)3(9)5(11)7(8)13;7-1-2(8)4(10)6(12)5(11)3(1)9/h1H3;12H. The van der Waals surface area contributed by atoms with Crippen LogP contribution in [0, 0.1) is 0 Å². The number of rotatable bonds is 1. The van der Waals surface area contributed by atoms with E-state index in [1.807, 2.05) is 0 Å². The maximum absolute atomic E-state index is 10.8. The van der Waals surface area contributed by atoms with Crippen LogP contribution in [0.3, 0.4) is 0 Å². The van der Waals surface area contributed by atoms with Crippen LogP contribution in [0.1, 0.15) is 6.92 Å². The summed E-state index contributed by atoms with van der Waals surface area (Å²) in [4.78, 5) is 10.8. The second kappa shape index (κ2) is 10.6. The number of hydrogen-bond acceptors (Lipinski definition) is 3. The minimum absolute atomic E-state index is 0.00904. The number of ether oxygens (including phenoxy) is 1. The lowest BCUT2D eigenvalue weighted by atomic mass is 10.3. The Hall–Kier alpha value is 0.610. The molecule has 0 fully saturated rings. The normalized spacial score (nSPS) is 10.3. The van der Waals surface area contributed by atoms with Gasteiger partial charge in [0.15, 0.2) is 11.5 Å². The van der Waals surface area contributed by atoms with Crippen LogP contribution in [0.4, 0.5) is 0 Å². The highest BCUT2D eigenvalue weighted by Crippen LogP contribution is 2.48. The number of carbonyl (C=O) groups is 1. The molecule has 0 bridgehead atoms. The Morgan fingerprint density at radius 1 is 0.593 bits per heavy atom. The lowest BCUT2D eigenvalue weighted by Gasteiger charge is -2.10. The molecule has 2 aromatic carbocycles. The molecule has 0 radical (unpaired) electrons. The van der Waals surface area contributed by atoms with Crippen molar-refractivity contribution in [3.8, 4) is 11.5 Å². The van der Waals surface area contributed by atoms with Crippen LogP contribution in [-0.2, 0) is 4.79 Å². The summed E-state index contributed by atoms with van der Waals surface area (Å²) in [5, 5.41) is 8.91. The zero-order valence-corrected chi connectivity index (χ0v) is 20.1. The van der Waals surface area contributed by atoms with Crippen molar-refractivity contribution in [2.75, 3.05) is 0 Å². The summed E-state index contributed by atoms with van der Waals surface area (Å²) < 4.78 is 4.76. The van der Waals surface area contributed by atoms with E-state index in [0.717, 1.165) is 0 Å². The number of phenols is 1. The number of aromatic hydroxyl groups is 1. The average Bonchev–Trinajstić information content (AvgIpc) is 2.63. The van der Waals surface area contributed by atoms with Gasteiger partial charge in [-0.15, -0.1) is 0 Å². The zero-order valence-electron chi connectivity index (χ0n) is 12.5. The molecule has 13 heteroatoms. The minimum atomic E-state index is -0.590. The molecule has 0 saturated carbocycles. The first-order valence-electron chi connectivity index (χ1n) is 6.23. The van der Waals surface area contributed by atoms with E-state index >= 15 is 0 Å². The Morgan fingerprint density at radius 3 is 1.15 bits per heavy atom. The van der Waals surface area contributed by atoms with Crippen LogP contribution in [0.15, 0.2) is 0 Å². The van der Waals surface area contributed by atoms with Gasteiger partial charge in [0, 0.05) is 6.92 Å². The van der Waals surface area contributed by atoms with Crippen molar-refractivity contribution in [3.05, 3.63) is 50.2 Å². The fraction of sp³-hybridized carbons (Fsp3) is 0.0714. The van der Waals surface area contributed by atoms with Gasteiger partial charge in [-0.1, -0.05) is 116 Å². The summed E-state index contributed by atoms with van der Waals surface area (Å²) in [7, 11) is 0. The van der Waals surface area contributed by atoms with E-state index in [9.17, 15) is 9.90 Å². The van der Waals surface area contributed by atoms with Crippen molar-refractivity contribution in [2.24, 2.45) is 0 Å². The molecule has 3 nitrogen and oxygen atoms in total. The third-order valence-electron chi connectivity index (χ3n) is 2.60. The fourth-order valence-electron chi connectivity index (χ4n) is 1.41. The minimum Gasteiger partial charge on any atom is -0.505 e. The van der Waals surface area contributed by atoms with Gasteiger partial charge in [-0.2, -0.15) is 0 Å². The molecule has 2 aromatic rings. The molecular weight excluding hydrogens is 571 g/mol. The summed E-state index contributed by atoms with van der Waals surface area (Å²) in [6.45, 7) is 1.20. The number of phenolic OH excluding ortho intramolecular Hbond substituents is 1. The van der Waals surface area contributed by atoms with Crippen LogP contribution in [0.25, 0.3) is 0 Å². The second-order valence-electron chi connectivity index (χ2n) is 4.41. The monoisotopic (exact) mass is 570 g/mol. The lowest BCUT2D eigenvalue weighted by molar-refractivity contribution is -0.131. The van der Waals surface area contributed by atoms with Gasteiger partial charge in [0.2, 0.25) is 0 Å². The van der Waals surface area contributed by atoms with Gasteiger partial charge in [-0.05, 0) is 0 Å². The summed E-state index contributed by atoms with van der Waals surface area (Å²) >= 11 is 56.7. The molecule has 0 aliphatic rings. The Morgan fingerprint density at radius 2 is 0.852 bits per heavy atom. The molecular formula is C14H4Cl10O3. The van der Waals surface area contributed by atoms with Gasteiger partial charge in [0.25, 0.3) is 0 Å². The number of halogens is 10. The van der Waals surface area contributed by atoms with E-state index in [-0.39, 0.29) is 61.7 Å². The van der Waals surface area contributed by atoms with Gasteiger partial charge in [-0.3, -0.25) is 4.79 Å². The smallest absolute Gasteiger partial charge is 0.308 e. The SMILES string of the molecule is CC(=O)Oc1c(Cl)c(Cl)c(Cl)c(Cl)c1Cl.Oc1c(Cl)c(Cl)c(Cl)c(Cl)c1Cl. The number of carbonyl (C=O) groups excluding carboxylic acids is 1. The van der Waals surface area contributed by atoms with Crippen molar-refractivity contribution >= 4 is 122 Å². The first kappa shape index (κ1) is 25.6. The Bertz CT molecular complexity index is 779. The van der Waals surface area contributed by atoms with Crippen molar-refractivity contribution in [1.82, 2.24) is 0 Å². The Balaban J connectivity index is 0.000000277. The van der Waals surface area contributed by atoms with E-state index in [0.29, 0.717) is 0 Å². The molecule has 0 saturated heterocycles. The molecule has 27 heavy (non-hydrogen) atoms. The van der Waals surface area contributed by atoms with Crippen LogP contribution in [0.5, 0.6) is 11.5 Å². The van der Waals surface area contributed by atoms with Gasteiger partial charge < -0.3 is 9.84 Å². The van der Waals surface area contributed by atoms with E-state index < -0.39 is 5.97 Å². The second-order valence-corrected chi connectivity index (χ2v) is 8.19. The maximum atomic E-state index is 10.8. The molecule has 0 aromatic heterocycles. The molecule has 0 aliphatic carbocycles. The van der Waals surface area contributed by atoms with Gasteiger partial charge in [0.05, 0.1) is 30.1 Å².